The van der Waals surface area contributed by atoms with Crippen molar-refractivity contribution in [3.63, 3.8) is 0 Å². The predicted molar refractivity (Wildman–Crippen MR) is 74.8 cm³/mol. The van der Waals surface area contributed by atoms with Gasteiger partial charge in [0, 0.05) is 16.6 Å². The van der Waals surface area contributed by atoms with Crippen LogP contribution in [0.3, 0.4) is 0 Å². The fourth-order valence-electron chi connectivity index (χ4n) is 1.67. The highest BCUT2D eigenvalue weighted by molar-refractivity contribution is 9.10. The molecule has 0 heterocycles. The van der Waals surface area contributed by atoms with Crippen LogP contribution in [0, 0.1) is 11.6 Å². The van der Waals surface area contributed by atoms with Crippen LogP contribution in [-0.2, 0) is 6.54 Å². The maximum Gasteiger partial charge on any atom is 0.335 e. The Morgan fingerprint density at radius 2 is 1.95 bits per heavy atom. The summed E-state index contributed by atoms with van der Waals surface area (Å²) in [6, 6.07) is 7.63. The number of carbonyl (C=O) groups is 1. The minimum Gasteiger partial charge on any atom is -0.478 e. The summed E-state index contributed by atoms with van der Waals surface area (Å²) in [5.74, 6) is -2.07. The largest absolute Gasteiger partial charge is 0.478 e. The molecule has 0 bridgehead atoms. The molecule has 0 aliphatic carbocycles. The van der Waals surface area contributed by atoms with Crippen molar-refractivity contribution in [3.8, 4) is 0 Å². The molecule has 0 aliphatic heterocycles. The van der Waals surface area contributed by atoms with Gasteiger partial charge in [-0.3, -0.25) is 0 Å². The topological polar surface area (TPSA) is 49.3 Å². The van der Waals surface area contributed by atoms with Crippen molar-refractivity contribution >= 4 is 27.6 Å². The van der Waals surface area contributed by atoms with Crippen LogP contribution in [0.15, 0.2) is 40.9 Å². The molecule has 20 heavy (non-hydrogen) atoms. The van der Waals surface area contributed by atoms with Crippen molar-refractivity contribution in [1.29, 1.82) is 0 Å². The van der Waals surface area contributed by atoms with Crippen LogP contribution >= 0.6 is 15.9 Å². The molecule has 2 aromatic rings. The molecule has 2 aromatic carbocycles. The van der Waals surface area contributed by atoms with Gasteiger partial charge in [0.25, 0.3) is 0 Å². The molecular formula is C14H10BrF2NO2. The summed E-state index contributed by atoms with van der Waals surface area (Å²) in [4.78, 5) is 10.8. The van der Waals surface area contributed by atoms with E-state index in [2.05, 4.69) is 21.2 Å². The van der Waals surface area contributed by atoms with Crippen LogP contribution in [-0.4, -0.2) is 11.1 Å². The molecule has 0 radical (unpaired) electrons. The molecule has 0 saturated heterocycles. The number of benzene rings is 2. The lowest BCUT2D eigenvalue weighted by Crippen LogP contribution is -2.05. The third kappa shape index (κ3) is 3.33. The molecular weight excluding hydrogens is 332 g/mol. The first-order valence-corrected chi connectivity index (χ1v) is 6.47. The van der Waals surface area contributed by atoms with Crippen molar-refractivity contribution in [2.75, 3.05) is 5.32 Å². The van der Waals surface area contributed by atoms with E-state index < -0.39 is 17.6 Å². The zero-order valence-corrected chi connectivity index (χ0v) is 11.7. The molecule has 0 saturated carbocycles. The molecule has 0 spiro atoms. The number of hydrogen-bond acceptors (Lipinski definition) is 2. The Hall–Kier alpha value is -1.95. The number of nitrogens with one attached hydrogen (secondary N) is 1. The molecule has 0 atom stereocenters. The van der Waals surface area contributed by atoms with Crippen LogP contribution in [0.4, 0.5) is 14.5 Å². The first-order valence-electron chi connectivity index (χ1n) is 5.68. The van der Waals surface area contributed by atoms with E-state index in [0.29, 0.717) is 10.2 Å². The molecule has 0 amide bonds. The quantitative estimate of drug-likeness (QED) is 0.882. The Morgan fingerprint density at radius 1 is 1.20 bits per heavy atom. The van der Waals surface area contributed by atoms with E-state index in [1.54, 1.807) is 0 Å². The number of aromatic carboxylic acids is 1. The molecule has 104 valence electrons. The summed E-state index contributed by atoms with van der Waals surface area (Å²) in [6.07, 6.45) is 0. The molecule has 3 nitrogen and oxygen atoms in total. The van der Waals surface area contributed by atoms with Gasteiger partial charge in [-0.25, -0.2) is 13.6 Å². The van der Waals surface area contributed by atoms with Crippen molar-refractivity contribution in [3.05, 3.63) is 63.6 Å². The standard InChI is InChI=1S/C14H10BrF2NO2/c15-11-3-2-10(16)6-13(11)18-7-9-5-8(14(19)20)1-4-12(9)17/h1-6,18H,7H2,(H,19,20). The van der Waals surface area contributed by atoms with E-state index in [-0.39, 0.29) is 17.7 Å². The number of carboxylic acids is 1. The molecule has 0 aromatic heterocycles. The van der Waals surface area contributed by atoms with Gasteiger partial charge in [-0.2, -0.15) is 0 Å². The Morgan fingerprint density at radius 3 is 2.65 bits per heavy atom. The second-order valence-electron chi connectivity index (χ2n) is 4.09. The summed E-state index contributed by atoms with van der Waals surface area (Å²) in [6.45, 7) is 0.0506. The summed E-state index contributed by atoms with van der Waals surface area (Å²) in [5, 5.41) is 11.7. The summed E-state index contributed by atoms with van der Waals surface area (Å²) in [5.41, 5.74) is 0.660. The van der Waals surface area contributed by atoms with Crippen molar-refractivity contribution in [2.45, 2.75) is 6.54 Å². The van der Waals surface area contributed by atoms with Gasteiger partial charge < -0.3 is 10.4 Å². The lowest BCUT2D eigenvalue weighted by molar-refractivity contribution is 0.0696. The highest BCUT2D eigenvalue weighted by atomic mass is 79.9. The van der Waals surface area contributed by atoms with Crippen molar-refractivity contribution in [1.82, 2.24) is 0 Å². The van der Waals surface area contributed by atoms with Crippen LogP contribution < -0.4 is 5.32 Å². The fourth-order valence-corrected chi connectivity index (χ4v) is 2.05. The average molecular weight is 342 g/mol. The summed E-state index contributed by atoms with van der Waals surface area (Å²) >= 11 is 3.24. The molecule has 2 N–H and O–H groups in total. The van der Waals surface area contributed by atoms with Crippen LogP contribution in [0.2, 0.25) is 0 Å². The first-order chi connectivity index (χ1) is 9.47. The second kappa shape index (κ2) is 6.00. The number of anilines is 1. The highest BCUT2D eigenvalue weighted by Crippen LogP contribution is 2.24. The van der Waals surface area contributed by atoms with E-state index in [4.69, 9.17) is 5.11 Å². The zero-order chi connectivity index (χ0) is 14.7. The summed E-state index contributed by atoms with van der Waals surface area (Å²) < 4.78 is 27.3. The molecule has 6 heteroatoms. The Labute approximate surface area is 122 Å². The van der Waals surface area contributed by atoms with Gasteiger partial charge in [0.05, 0.1) is 11.3 Å². The second-order valence-corrected chi connectivity index (χ2v) is 4.94. The summed E-state index contributed by atoms with van der Waals surface area (Å²) in [7, 11) is 0. The van der Waals surface area contributed by atoms with Gasteiger partial charge in [-0.15, -0.1) is 0 Å². The van der Waals surface area contributed by atoms with E-state index in [0.717, 1.165) is 6.07 Å². The number of hydrogen-bond donors (Lipinski definition) is 2. The van der Waals surface area contributed by atoms with Gasteiger partial charge in [-0.05, 0) is 52.3 Å². The number of halogens is 3. The normalized spacial score (nSPS) is 10.3. The van der Waals surface area contributed by atoms with Gasteiger partial charge in [-0.1, -0.05) is 0 Å². The highest BCUT2D eigenvalue weighted by Gasteiger charge is 2.09. The monoisotopic (exact) mass is 341 g/mol. The maximum absolute atomic E-state index is 13.6. The minimum atomic E-state index is -1.13. The average Bonchev–Trinajstić information content (AvgIpc) is 2.41. The molecule has 0 aliphatic rings. The third-order valence-corrected chi connectivity index (χ3v) is 3.38. The van der Waals surface area contributed by atoms with E-state index in [1.165, 1.54) is 30.3 Å². The smallest absolute Gasteiger partial charge is 0.335 e. The maximum atomic E-state index is 13.6. The van der Waals surface area contributed by atoms with Crippen LogP contribution in [0.25, 0.3) is 0 Å². The zero-order valence-electron chi connectivity index (χ0n) is 10.2. The SMILES string of the molecule is O=C(O)c1ccc(F)c(CNc2cc(F)ccc2Br)c1. The van der Waals surface area contributed by atoms with Crippen LogP contribution in [0.1, 0.15) is 15.9 Å². The van der Waals surface area contributed by atoms with Gasteiger partial charge in [0.15, 0.2) is 0 Å². The van der Waals surface area contributed by atoms with Crippen molar-refractivity contribution < 1.29 is 18.7 Å². The van der Waals surface area contributed by atoms with Crippen molar-refractivity contribution in [2.24, 2.45) is 0 Å². The Balaban J connectivity index is 2.20. The number of rotatable bonds is 4. The minimum absolute atomic E-state index is 0.00140. The van der Waals surface area contributed by atoms with Crippen LogP contribution in [0.5, 0.6) is 0 Å². The van der Waals surface area contributed by atoms with E-state index >= 15 is 0 Å². The van der Waals surface area contributed by atoms with E-state index in [9.17, 15) is 13.6 Å². The van der Waals surface area contributed by atoms with E-state index in [1.807, 2.05) is 0 Å². The fraction of sp³-hybridized carbons (Fsp3) is 0.0714. The lowest BCUT2D eigenvalue weighted by Gasteiger charge is -2.10. The van der Waals surface area contributed by atoms with Gasteiger partial charge in [0.2, 0.25) is 0 Å². The Bertz CT molecular complexity index is 662. The molecule has 2 rings (SSSR count). The predicted octanol–water partition coefficient (Wildman–Crippen LogP) is 4.04. The Kier molecular flexibility index (Phi) is 4.34. The molecule has 0 fully saturated rings. The lowest BCUT2D eigenvalue weighted by atomic mass is 10.1. The van der Waals surface area contributed by atoms with Gasteiger partial charge in [0.1, 0.15) is 11.6 Å². The third-order valence-electron chi connectivity index (χ3n) is 2.69. The molecule has 0 unspecified atom stereocenters. The number of carboxylic acid groups (broad SMARTS) is 1. The first kappa shape index (κ1) is 14.5. The van der Waals surface area contributed by atoms with Gasteiger partial charge >= 0.3 is 5.97 Å².